The Bertz CT molecular complexity index is 360. The lowest BCUT2D eigenvalue weighted by Crippen LogP contribution is -2.33. The maximum atomic E-state index is 11.1. The highest BCUT2D eigenvalue weighted by molar-refractivity contribution is 7.99. The first-order valence-electron chi connectivity index (χ1n) is 4.91. The number of carbonyl (C=O) groups excluding carboxylic acids is 1. The Hall–Kier alpha value is -0.960. The van der Waals surface area contributed by atoms with Crippen LogP contribution in [0, 0.1) is 12.3 Å². The molecule has 15 heavy (non-hydrogen) atoms. The van der Waals surface area contributed by atoms with E-state index in [0.717, 1.165) is 0 Å². The molecule has 0 saturated carbocycles. The minimum Gasteiger partial charge on any atom is -0.369 e. The molecule has 82 valence electrons. The van der Waals surface area contributed by atoms with Crippen molar-refractivity contribution in [3.63, 3.8) is 0 Å². The first-order chi connectivity index (χ1) is 6.92. The number of aryl methyl sites for hydroxylation is 1. The van der Waals surface area contributed by atoms with Gasteiger partial charge in [0, 0.05) is 10.6 Å². The average molecular weight is 223 g/mol. The van der Waals surface area contributed by atoms with Crippen molar-refractivity contribution in [2.45, 2.75) is 25.7 Å². The largest absolute Gasteiger partial charge is 0.369 e. The number of amides is 1. The zero-order valence-corrected chi connectivity index (χ0v) is 10.2. The van der Waals surface area contributed by atoms with E-state index in [-0.39, 0.29) is 5.91 Å². The number of hydrogen-bond donors (Lipinski definition) is 1. The zero-order valence-electron chi connectivity index (χ0n) is 9.41. The van der Waals surface area contributed by atoms with Gasteiger partial charge in [-0.1, -0.05) is 31.5 Å². The summed E-state index contributed by atoms with van der Waals surface area (Å²) in [6.45, 7) is 5.81. The van der Waals surface area contributed by atoms with Crippen LogP contribution in [0.25, 0.3) is 0 Å². The summed E-state index contributed by atoms with van der Waals surface area (Å²) in [5.74, 6) is 0.467. The molecule has 0 saturated heterocycles. The Morgan fingerprint density at radius 2 is 2.13 bits per heavy atom. The highest BCUT2D eigenvalue weighted by Crippen LogP contribution is 2.27. The number of nitrogens with two attached hydrogens (primary N) is 1. The second kappa shape index (κ2) is 4.71. The number of benzene rings is 1. The Morgan fingerprint density at radius 3 is 2.67 bits per heavy atom. The van der Waals surface area contributed by atoms with Crippen LogP contribution in [0.5, 0.6) is 0 Å². The summed E-state index contributed by atoms with van der Waals surface area (Å²) in [5.41, 5.74) is 6.10. The van der Waals surface area contributed by atoms with Crippen molar-refractivity contribution in [2.24, 2.45) is 11.1 Å². The summed E-state index contributed by atoms with van der Waals surface area (Å²) in [4.78, 5) is 12.3. The molecule has 0 aromatic heterocycles. The lowest BCUT2D eigenvalue weighted by Gasteiger charge is -2.19. The van der Waals surface area contributed by atoms with E-state index in [9.17, 15) is 4.79 Å². The molecule has 0 aliphatic heterocycles. The fraction of sp³-hybridized carbons (Fsp3) is 0.417. The minimum atomic E-state index is -0.450. The van der Waals surface area contributed by atoms with Crippen LogP contribution in [0.2, 0.25) is 0 Å². The van der Waals surface area contributed by atoms with Crippen LogP contribution in [0.1, 0.15) is 19.4 Å². The Balaban J connectivity index is 2.61. The Kier molecular flexibility index (Phi) is 3.80. The summed E-state index contributed by atoms with van der Waals surface area (Å²) in [7, 11) is 0. The lowest BCUT2D eigenvalue weighted by atomic mass is 9.96. The number of thioether (sulfide) groups is 1. The maximum absolute atomic E-state index is 11.1. The van der Waals surface area contributed by atoms with Gasteiger partial charge < -0.3 is 5.73 Å². The molecular weight excluding hydrogens is 206 g/mol. The molecule has 0 radical (unpaired) electrons. The van der Waals surface area contributed by atoms with E-state index < -0.39 is 5.41 Å². The third-order valence-corrected chi connectivity index (χ3v) is 3.71. The van der Waals surface area contributed by atoms with Gasteiger partial charge in [-0.3, -0.25) is 4.79 Å². The first-order valence-corrected chi connectivity index (χ1v) is 5.90. The molecule has 0 fully saturated rings. The fourth-order valence-electron chi connectivity index (χ4n) is 1.04. The summed E-state index contributed by atoms with van der Waals surface area (Å²) in [6.07, 6.45) is 0. The molecule has 3 heteroatoms. The van der Waals surface area contributed by atoms with E-state index in [1.54, 1.807) is 11.8 Å². The predicted octanol–water partition coefficient (Wildman–Crippen LogP) is 2.60. The van der Waals surface area contributed by atoms with Crippen LogP contribution in [-0.2, 0) is 4.79 Å². The Morgan fingerprint density at radius 1 is 1.47 bits per heavy atom. The second-order valence-electron chi connectivity index (χ2n) is 4.35. The molecule has 0 spiro atoms. The topological polar surface area (TPSA) is 43.1 Å². The highest BCUT2D eigenvalue weighted by atomic mass is 32.2. The maximum Gasteiger partial charge on any atom is 0.223 e. The van der Waals surface area contributed by atoms with E-state index in [1.165, 1.54) is 10.5 Å². The van der Waals surface area contributed by atoms with Gasteiger partial charge in [-0.2, -0.15) is 0 Å². The monoisotopic (exact) mass is 223 g/mol. The molecular formula is C12H17NOS. The van der Waals surface area contributed by atoms with Crippen LogP contribution in [-0.4, -0.2) is 11.7 Å². The number of primary amides is 1. The minimum absolute atomic E-state index is 0.248. The van der Waals surface area contributed by atoms with E-state index in [1.807, 2.05) is 19.9 Å². The number of carbonyl (C=O) groups is 1. The summed E-state index contributed by atoms with van der Waals surface area (Å²) < 4.78 is 0. The molecule has 0 aliphatic carbocycles. The van der Waals surface area contributed by atoms with Crippen LogP contribution in [0.3, 0.4) is 0 Å². The van der Waals surface area contributed by atoms with E-state index in [4.69, 9.17) is 5.73 Å². The molecule has 0 bridgehead atoms. The van der Waals surface area contributed by atoms with Gasteiger partial charge in [0.05, 0.1) is 5.41 Å². The molecule has 0 unspecified atom stereocenters. The van der Waals surface area contributed by atoms with Gasteiger partial charge in [-0.15, -0.1) is 11.8 Å². The SMILES string of the molecule is Cc1cccc(SCC(C)(C)C(N)=O)c1. The highest BCUT2D eigenvalue weighted by Gasteiger charge is 2.24. The molecule has 0 atom stereocenters. The van der Waals surface area contributed by atoms with Crippen LogP contribution < -0.4 is 5.73 Å². The van der Waals surface area contributed by atoms with Gasteiger partial charge in [-0.25, -0.2) is 0 Å². The lowest BCUT2D eigenvalue weighted by molar-refractivity contribution is -0.124. The van der Waals surface area contributed by atoms with Crippen molar-refractivity contribution in [3.05, 3.63) is 29.8 Å². The van der Waals surface area contributed by atoms with Crippen LogP contribution >= 0.6 is 11.8 Å². The fourth-order valence-corrected chi connectivity index (χ4v) is 2.15. The summed E-state index contributed by atoms with van der Waals surface area (Å²) in [6, 6.07) is 8.24. The van der Waals surface area contributed by atoms with E-state index in [0.29, 0.717) is 5.75 Å². The van der Waals surface area contributed by atoms with Gasteiger partial charge in [0.2, 0.25) is 5.91 Å². The van der Waals surface area contributed by atoms with Crippen molar-refractivity contribution in [1.29, 1.82) is 0 Å². The summed E-state index contributed by atoms with van der Waals surface area (Å²) in [5, 5.41) is 0. The van der Waals surface area contributed by atoms with Crippen molar-refractivity contribution in [2.75, 3.05) is 5.75 Å². The van der Waals surface area contributed by atoms with Gasteiger partial charge in [0.25, 0.3) is 0 Å². The molecule has 1 aromatic rings. The number of rotatable bonds is 4. The second-order valence-corrected chi connectivity index (χ2v) is 5.40. The van der Waals surface area contributed by atoms with Crippen LogP contribution in [0.4, 0.5) is 0 Å². The smallest absolute Gasteiger partial charge is 0.223 e. The normalized spacial score (nSPS) is 11.4. The zero-order chi connectivity index (χ0) is 11.5. The molecule has 1 amide bonds. The Labute approximate surface area is 95.2 Å². The first kappa shape index (κ1) is 12.1. The number of hydrogen-bond acceptors (Lipinski definition) is 2. The molecule has 1 rings (SSSR count). The van der Waals surface area contributed by atoms with E-state index in [2.05, 4.69) is 25.1 Å². The van der Waals surface area contributed by atoms with Gasteiger partial charge >= 0.3 is 0 Å². The van der Waals surface area contributed by atoms with E-state index >= 15 is 0 Å². The summed E-state index contributed by atoms with van der Waals surface area (Å²) >= 11 is 1.67. The molecule has 2 N–H and O–H groups in total. The van der Waals surface area contributed by atoms with Gasteiger partial charge in [0.15, 0.2) is 0 Å². The molecule has 0 aliphatic rings. The van der Waals surface area contributed by atoms with Crippen molar-refractivity contribution < 1.29 is 4.79 Å². The molecule has 0 heterocycles. The molecule has 1 aromatic carbocycles. The quantitative estimate of drug-likeness (QED) is 0.797. The standard InChI is InChI=1S/C12H17NOS/c1-9-5-4-6-10(7-9)15-8-12(2,3)11(13)14/h4-7H,8H2,1-3H3,(H2,13,14). The van der Waals surface area contributed by atoms with Gasteiger partial charge in [0.1, 0.15) is 0 Å². The van der Waals surface area contributed by atoms with Crippen molar-refractivity contribution >= 4 is 17.7 Å². The third-order valence-electron chi connectivity index (χ3n) is 2.26. The van der Waals surface area contributed by atoms with Crippen molar-refractivity contribution in [1.82, 2.24) is 0 Å². The third kappa shape index (κ3) is 3.59. The predicted molar refractivity (Wildman–Crippen MR) is 64.9 cm³/mol. The molecule has 2 nitrogen and oxygen atoms in total. The van der Waals surface area contributed by atoms with Crippen molar-refractivity contribution in [3.8, 4) is 0 Å². The van der Waals surface area contributed by atoms with Gasteiger partial charge in [-0.05, 0) is 19.1 Å². The average Bonchev–Trinajstić information content (AvgIpc) is 2.15. The van der Waals surface area contributed by atoms with Crippen LogP contribution in [0.15, 0.2) is 29.2 Å².